The summed E-state index contributed by atoms with van der Waals surface area (Å²) < 4.78 is 42.8. The summed E-state index contributed by atoms with van der Waals surface area (Å²) in [6.07, 6.45) is 3.19. The van der Waals surface area contributed by atoms with E-state index >= 15 is 0 Å². The lowest BCUT2D eigenvalue weighted by Gasteiger charge is -2.38. The van der Waals surface area contributed by atoms with Crippen LogP contribution in [0.3, 0.4) is 0 Å². The fourth-order valence-electron chi connectivity index (χ4n) is 5.91. The molecule has 226 valence electrons. The number of nitrogens with zero attached hydrogens (tertiary/aromatic N) is 5. The molecule has 1 fully saturated rings. The third kappa shape index (κ3) is 5.18. The number of fused-ring (bicyclic) bond motifs is 2. The topological polar surface area (TPSA) is 110 Å². The molecule has 1 aliphatic carbocycles. The molecule has 1 N–H and O–H groups in total. The van der Waals surface area contributed by atoms with Crippen molar-refractivity contribution in [2.75, 3.05) is 5.32 Å². The summed E-state index contributed by atoms with van der Waals surface area (Å²) >= 11 is 3.30. The standard InChI is InChI=1S/C31H26BrF3N6O3/c1-16-4-7-25(32)38-28(16)39-29(44)23-11-30(3)9-8-24(30)41(23)26(42)15-40-14-21(27(43)31(33,34)35)20-10-18(5-6-22(20)40)19-12-36-17(2)37-13-19/h4-10,12-14,23-24H,11,15H2,1-3H3,(H,38,39,44)/t23-,24+,30+/m0/s1. The number of hydrogen-bond donors (Lipinski definition) is 1. The quantitative estimate of drug-likeness (QED) is 0.158. The molecule has 13 heteroatoms. The molecule has 3 aromatic heterocycles. The number of benzene rings is 1. The van der Waals surface area contributed by atoms with E-state index < -0.39 is 40.8 Å². The molecule has 0 unspecified atom stereocenters. The zero-order valence-corrected chi connectivity index (χ0v) is 25.4. The van der Waals surface area contributed by atoms with Gasteiger partial charge < -0.3 is 14.8 Å². The average molecular weight is 667 g/mol. The summed E-state index contributed by atoms with van der Waals surface area (Å²) in [6.45, 7) is 5.08. The molecular formula is C31H26BrF3N6O3. The highest BCUT2D eigenvalue weighted by molar-refractivity contribution is 9.10. The first-order valence-corrected chi connectivity index (χ1v) is 14.5. The normalized spacial score (nSPS) is 20.8. The zero-order chi connectivity index (χ0) is 31.6. The molecule has 6 rings (SSSR count). The van der Waals surface area contributed by atoms with Crippen molar-refractivity contribution in [3.63, 3.8) is 0 Å². The number of nitrogens with one attached hydrogen (secondary N) is 1. The van der Waals surface area contributed by atoms with Gasteiger partial charge in [-0.3, -0.25) is 14.4 Å². The predicted octanol–water partition coefficient (Wildman–Crippen LogP) is 5.80. The van der Waals surface area contributed by atoms with Gasteiger partial charge >= 0.3 is 6.18 Å². The van der Waals surface area contributed by atoms with Gasteiger partial charge in [0.1, 0.15) is 28.8 Å². The number of carbonyl (C=O) groups excluding carboxylic acids is 3. The van der Waals surface area contributed by atoms with Crippen molar-refractivity contribution in [1.29, 1.82) is 0 Å². The van der Waals surface area contributed by atoms with E-state index in [1.54, 1.807) is 50.5 Å². The molecule has 0 bridgehead atoms. The Kier molecular flexibility index (Phi) is 7.18. The van der Waals surface area contributed by atoms with E-state index in [-0.39, 0.29) is 23.5 Å². The van der Waals surface area contributed by atoms with E-state index in [0.717, 1.165) is 11.8 Å². The molecule has 2 amide bonds. The number of ketones is 1. The van der Waals surface area contributed by atoms with Gasteiger partial charge in [0.15, 0.2) is 0 Å². The van der Waals surface area contributed by atoms with Crippen molar-refractivity contribution < 1.29 is 27.6 Å². The summed E-state index contributed by atoms with van der Waals surface area (Å²) in [5.74, 6) is -2.02. The Bertz CT molecular complexity index is 1870. The number of aromatic nitrogens is 4. The zero-order valence-electron chi connectivity index (χ0n) is 23.8. The Morgan fingerprint density at radius 2 is 1.82 bits per heavy atom. The summed E-state index contributed by atoms with van der Waals surface area (Å²) in [5, 5.41) is 2.87. The maximum atomic E-state index is 13.9. The fraction of sp³-hybridized carbons (Fsp3) is 0.290. The van der Waals surface area contributed by atoms with Crippen molar-refractivity contribution in [3.8, 4) is 11.1 Å². The van der Waals surface area contributed by atoms with E-state index in [2.05, 4.69) is 36.2 Å². The van der Waals surface area contributed by atoms with Crippen molar-refractivity contribution in [3.05, 3.63) is 82.6 Å². The van der Waals surface area contributed by atoms with Crippen LogP contribution in [0.25, 0.3) is 22.0 Å². The molecule has 0 saturated carbocycles. The van der Waals surface area contributed by atoms with Gasteiger partial charge in [-0.05, 0) is 65.5 Å². The minimum Gasteiger partial charge on any atom is -0.337 e. The van der Waals surface area contributed by atoms with Crippen LogP contribution in [0.5, 0.6) is 0 Å². The number of anilines is 1. The molecule has 3 atom stereocenters. The van der Waals surface area contributed by atoms with Crippen molar-refractivity contribution in [2.45, 2.75) is 52.0 Å². The molecule has 4 heterocycles. The van der Waals surface area contributed by atoms with Crippen molar-refractivity contribution in [2.24, 2.45) is 5.41 Å². The molecule has 4 aromatic rings. The number of Topliss-reactive ketones (excluding diaryl/α,β-unsaturated/α-hetero) is 1. The number of rotatable bonds is 6. The van der Waals surface area contributed by atoms with Crippen LogP contribution in [0.15, 0.2) is 65.7 Å². The molecule has 2 aliphatic rings. The van der Waals surface area contributed by atoms with Crippen LogP contribution < -0.4 is 5.32 Å². The third-order valence-corrected chi connectivity index (χ3v) is 8.74. The van der Waals surface area contributed by atoms with Gasteiger partial charge in [0, 0.05) is 40.5 Å². The first-order valence-electron chi connectivity index (χ1n) is 13.7. The smallest absolute Gasteiger partial charge is 0.337 e. The minimum absolute atomic E-state index is 0.0403. The number of aryl methyl sites for hydroxylation is 2. The summed E-state index contributed by atoms with van der Waals surface area (Å²) in [6, 6.07) is 7.03. The Balaban J connectivity index is 1.35. The summed E-state index contributed by atoms with van der Waals surface area (Å²) in [5.41, 5.74) is 1.07. The van der Waals surface area contributed by atoms with Crippen LogP contribution in [0, 0.1) is 19.3 Å². The first kappa shape index (κ1) is 29.7. The number of hydrogen-bond acceptors (Lipinski definition) is 6. The molecule has 9 nitrogen and oxygen atoms in total. The number of halogens is 4. The largest absolute Gasteiger partial charge is 0.454 e. The summed E-state index contributed by atoms with van der Waals surface area (Å²) in [7, 11) is 0. The van der Waals surface area contributed by atoms with Gasteiger partial charge in [-0.15, -0.1) is 0 Å². The third-order valence-electron chi connectivity index (χ3n) is 8.30. The number of amides is 2. The molecule has 1 aliphatic heterocycles. The molecule has 1 saturated heterocycles. The molecule has 0 spiro atoms. The van der Waals surface area contributed by atoms with Crippen molar-refractivity contribution >= 4 is 50.2 Å². The second-order valence-corrected chi connectivity index (χ2v) is 12.2. The van der Waals surface area contributed by atoms with Crippen LogP contribution in [-0.4, -0.2) is 60.3 Å². The van der Waals surface area contributed by atoms with E-state index in [1.165, 1.54) is 15.5 Å². The Morgan fingerprint density at radius 3 is 2.48 bits per heavy atom. The highest BCUT2D eigenvalue weighted by Gasteiger charge is 2.55. The summed E-state index contributed by atoms with van der Waals surface area (Å²) in [4.78, 5) is 54.1. The van der Waals surface area contributed by atoms with Crippen LogP contribution in [0.2, 0.25) is 0 Å². The monoisotopic (exact) mass is 666 g/mol. The maximum absolute atomic E-state index is 13.9. The van der Waals surface area contributed by atoms with Gasteiger partial charge in [0.25, 0.3) is 5.78 Å². The Hall–Kier alpha value is -4.39. The number of carbonyl (C=O) groups is 3. The van der Waals surface area contributed by atoms with Gasteiger partial charge in [-0.1, -0.05) is 31.2 Å². The second-order valence-electron chi connectivity index (χ2n) is 11.4. The second kappa shape index (κ2) is 10.7. The Morgan fingerprint density at radius 1 is 1.09 bits per heavy atom. The van der Waals surface area contributed by atoms with Gasteiger partial charge in [-0.25, -0.2) is 15.0 Å². The average Bonchev–Trinajstić information content (AvgIpc) is 3.41. The SMILES string of the molecule is Cc1ncc(-c2ccc3c(c2)c(C(=O)C(F)(F)F)cn3CC(=O)N2[C@H](C(=O)Nc3nc(Br)ccc3C)C[C@@]3(C)C=C[C@@H]23)cn1. The first-order chi connectivity index (χ1) is 20.7. The highest BCUT2D eigenvalue weighted by Crippen LogP contribution is 2.49. The van der Waals surface area contributed by atoms with Gasteiger partial charge in [-0.2, -0.15) is 13.2 Å². The number of alkyl halides is 3. The van der Waals surface area contributed by atoms with E-state index in [4.69, 9.17) is 0 Å². The molecule has 0 radical (unpaired) electrons. The van der Waals surface area contributed by atoms with Crippen LogP contribution in [-0.2, 0) is 16.1 Å². The predicted molar refractivity (Wildman–Crippen MR) is 160 cm³/mol. The molecular weight excluding hydrogens is 641 g/mol. The number of pyridine rings is 1. The lowest BCUT2D eigenvalue weighted by atomic mass is 9.73. The maximum Gasteiger partial charge on any atom is 0.454 e. The van der Waals surface area contributed by atoms with Crippen LogP contribution in [0.4, 0.5) is 19.0 Å². The lowest BCUT2D eigenvalue weighted by Crippen LogP contribution is -2.50. The Labute approximate surface area is 258 Å². The van der Waals surface area contributed by atoms with Crippen molar-refractivity contribution in [1.82, 2.24) is 24.4 Å². The molecule has 44 heavy (non-hydrogen) atoms. The van der Waals surface area contributed by atoms with Crippen LogP contribution in [0.1, 0.15) is 35.1 Å². The van der Waals surface area contributed by atoms with Crippen LogP contribution >= 0.6 is 15.9 Å². The fourth-order valence-corrected chi connectivity index (χ4v) is 6.22. The number of likely N-dealkylation sites (tertiary alicyclic amines) is 1. The van der Waals surface area contributed by atoms with E-state index in [9.17, 15) is 27.6 Å². The van der Waals surface area contributed by atoms with E-state index in [1.807, 2.05) is 19.1 Å². The lowest BCUT2D eigenvalue weighted by molar-refractivity contribution is -0.138. The minimum atomic E-state index is -5.12. The van der Waals surface area contributed by atoms with Gasteiger partial charge in [0.2, 0.25) is 11.8 Å². The van der Waals surface area contributed by atoms with Gasteiger partial charge in [0.05, 0.1) is 11.6 Å². The molecule has 1 aromatic carbocycles. The van der Waals surface area contributed by atoms with E-state index in [0.29, 0.717) is 33.8 Å². The highest BCUT2D eigenvalue weighted by atomic mass is 79.9.